The minimum atomic E-state index is -0.114. The molecule has 6 heteroatoms. The van der Waals surface area contributed by atoms with Gasteiger partial charge in [0.05, 0.1) is 0 Å². The van der Waals surface area contributed by atoms with E-state index in [1.54, 1.807) is 37.5 Å². The molecule has 6 nitrogen and oxygen atoms in total. The zero-order chi connectivity index (χ0) is 25.6. The van der Waals surface area contributed by atoms with Crippen LogP contribution in [0.2, 0.25) is 0 Å². The zero-order valence-corrected chi connectivity index (χ0v) is 21.1. The number of unbranched alkanes of at least 4 members (excludes halogenated alkanes) is 2. The highest BCUT2D eigenvalue weighted by Gasteiger charge is 2.17. The summed E-state index contributed by atoms with van der Waals surface area (Å²) in [5.74, 6) is -0.131. The maximum Gasteiger partial charge on any atom is 0.248 e. The summed E-state index contributed by atoms with van der Waals surface area (Å²) >= 11 is 0. The van der Waals surface area contributed by atoms with Crippen LogP contribution in [-0.4, -0.2) is 59.4 Å². The highest BCUT2D eigenvalue weighted by atomic mass is 16.2. The van der Waals surface area contributed by atoms with E-state index in [4.69, 9.17) is 0 Å². The molecule has 0 spiro atoms. The van der Waals surface area contributed by atoms with Crippen LogP contribution in [0.25, 0.3) is 0 Å². The highest BCUT2D eigenvalue weighted by molar-refractivity contribution is 5.94. The molecule has 0 heterocycles. The number of hydrogen-bond acceptors (Lipinski definition) is 4. The summed E-state index contributed by atoms with van der Waals surface area (Å²) in [6, 6.07) is 0. The van der Waals surface area contributed by atoms with Gasteiger partial charge in [-0.15, -0.1) is 0 Å². The number of hydrogen-bond donors (Lipinski definition) is 0. The van der Waals surface area contributed by atoms with E-state index in [2.05, 4.69) is 26.3 Å². The Bertz CT molecular complexity index is 715. The van der Waals surface area contributed by atoms with Gasteiger partial charge in [0, 0.05) is 50.2 Å². The van der Waals surface area contributed by atoms with Crippen molar-refractivity contribution in [2.75, 3.05) is 26.2 Å². The Morgan fingerprint density at radius 3 is 1.06 bits per heavy atom. The van der Waals surface area contributed by atoms with Gasteiger partial charge in [-0.2, -0.15) is 0 Å². The van der Waals surface area contributed by atoms with E-state index >= 15 is 0 Å². The molecule has 2 amide bonds. The maximum absolute atomic E-state index is 12.5. The van der Waals surface area contributed by atoms with Crippen molar-refractivity contribution in [2.24, 2.45) is 0 Å². The summed E-state index contributed by atoms with van der Waals surface area (Å²) in [6.07, 6.45) is 4.28. The van der Waals surface area contributed by atoms with Crippen molar-refractivity contribution in [2.45, 2.75) is 72.6 Å². The van der Waals surface area contributed by atoms with Gasteiger partial charge in [-0.05, 0) is 70.9 Å². The lowest BCUT2D eigenvalue weighted by atomic mass is 10.1. The first-order chi connectivity index (χ1) is 15.4. The smallest absolute Gasteiger partial charge is 0.248 e. The van der Waals surface area contributed by atoms with E-state index in [0.29, 0.717) is 93.4 Å². The number of ketones is 2. The van der Waals surface area contributed by atoms with Crippen molar-refractivity contribution >= 4 is 23.4 Å². The summed E-state index contributed by atoms with van der Waals surface area (Å²) in [5.41, 5.74) is 2.03. The normalized spacial score (nSPS) is 10.3. The third kappa shape index (κ3) is 12.8. The average Bonchev–Trinajstić information content (AvgIpc) is 2.74. The molecule has 0 atom stereocenters. The lowest BCUT2D eigenvalue weighted by Gasteiger charge is -2.26. The quantitative estimate of drug-likeness (QED) is 0.218. The molecular weight excluding hydrogens is 416 g/mol. The molecular formula is C27H42N2O4. The standard InChI is InChI=1S/C27H42N2O4/c1-20(2)24(30)14-9-11-16-28(26(32)22(5)6)18-13-19-29(27(33)23(7)8)17-12-10-15-25(31)21(3)4/h1,3,5,7,9-19H2,2,4,6,8H3. The van der Waals surface area contributed by atoms with E-state index in [1.807, 2.05) is 0 Å². The van der Waals surface area contributed by atoms with Gasteiger partial charge in [0.25, 0.3) is 0 Å². The molecule has 0 aromatic rings. The molecule has 0 bridgehead atoms. The van der Waals surface area contributed by atoms with Crippen LogP contribution in [0.3, 0.4) is 0 Å². The van der Waals surface area contributed by atoms with Crippen LogP contribution in [0.15, 0.2) is 48.6 Å². The molecule has 0 N–H and O–H groups in total. The first-order valence-electron chi connectivity index (χ1n) is 11.6. The maximum atomic E-state index is 12.5. The van der Waals surface area contributed by atoms with E-state index in [0.717, 1.165) is 0 Å². The molecule has 0 aromatic heterocycles. The number of rotatable bonds is 18. The van der Waals surface area contributed by atoms with E-state index in [1.165, 1.54) is 0 Å². The molecule has 0 rings (SSSR count). The van der Waals surface area contributed by atoms with E-state index in [9.17, 15) is 19.2 Å². The number of amides is 2. The van der Waals surface area contributed by atoms with Crippen molar-refractivity contribution in [3.63, 3.8) is 0 Å². The molecule has 184 valence electrons. The summed E-state index contributed by atoms with van der Waals surface area (Å²) in [6.45, 7) is 23.7. The third-order valence-electron chi connectivity index (χ3n) is 5.28. The minimum absolute atomic E-state index is 0.0478. The summed E-state index contributed by atoms with van der Waals surface area (Å²) in [5, 5.41) is 0. The Morgan fingerprint density at radius 2 is 0.788 bits per heavy atom. The Kier molecular flexibility index (Phi) is 14.6. The van der Waals surface area contributed by atoms with Gasteiger partial charge in [0.1, 0.15) is 0 Å². The largest absolute Gasteiger partial charge is 0.339 e. The van der Waals surface area contributed by atoms with Crippen LogP contribution in [0.4, 0.5) is 0 Å². The van der Waals surface area contributed by atoms with E-state index < -0.39 is 0 Å². The van der Waals surface area contributed by atoms with Crippen molar-refractivity contribution in [3.05, 3.63) is 48.6 Å². The number of carbonyl (C=O) groups excluding carboxylic acids is 4. The lowest BCUT2D eigenvalue weighted by molar-refractivity contribution is -0.127. The highest BCUT2D eigenvalue weighted by Crippen LogP contribution is 2.10. The van der Waals surface area contributed by atoms with Gasteiger partial charge < -0.3 is 9.80 Å². The Labute approximate surface area is 200 Å². The molecule has 0 saturated carbocycles. The summed E-state index contributed by atoms with van der Waals surface area (Å²) in [7, 11) is 0. The van der Waals surface area contributed by atoms with Crippen molar-refractivity contribution < 1.29 is 19.2 Å². The minimum Gasteiger partial charge on any atom is -0.339 e. The van der Waals surface area contributed by atoms with Crippen molar-refractivity contribution in [1.29, 1.82) is 0 Å². The summed E-state index contributed by atoms with van der Waals surface area (Å²) < 4.78 is 0. The zero-order valence-electron chi connectivity index (χ0n) is 21.1. The van der Waals surface area contributed by atoms with Gasteiger partial charge in [0.15, 0.2) is 11.6 Å². The van der Waals surface area contributed by atoms with Crippen LogP contribution in [0, 0.1) is 0 Å². The fraction of sp³-hybridized carbons (Fsp3) is 0.556. The molecule has 0 aromatic carbocycles. The van der Waals surface area contributed by atoms with Gasteiger partial charge >= 0.3 is 0 Å². The first kappa shape index (κ1) is 30.2. The Morgan fingerprint density at radius 1 is 0.485 bits per heavy atom. The number of nitrogens with zero attached hydrogens (tertiary/aromatic N) is 2. The molecule has 0 aliphatic heterocycles. The Hall–Kier alpha value is -2.76. The van der Waals surface area contributed by atoms with Crippen molar-refractivity contribution in [3.8, 4) is 0 Å². The summed E-state index contributed by atoms with van der Waals surface area (Å²) in [4.78, 5) is 52.0. The number of allylic oxidation sites excluding steroid dienone is 2. The predicted octanol–water partition coefficient (Wildman–Crippen LogP) is 4.82. The van der Waals surface area contributed by atoms with Crippen LogP contribution in [0.5, 0.6) is 0 Å². The number of Topliss-reactive ketones (excluding diaryl/α,β-unsaturated/α-hetero) is 2. The second kappa shape index (κ2) is 15.9. The van der Waals surface area contributed by atoms with Crippen LogP contribution in [0.1, 0.15) is 72.6 Å². The van der Waals surface area contributed by atoms with Gasteiger partial charge in [-0.25, -0.2) is 0 Å². The fourth-order valence-electron chi connectivity index (χ4n) is 3.23. The van der Waals surface area contributed by atoms with E-state index in [-0.39, 0.29) is 23.4 Å². The van der Waals surface area contributed by atoms with Crippen LogP contribution in [-0.2, 0) is 19.2 Å². The third-order valence-corrected chi connectivity index (χ3v) is 5.28. The molecule has 0 fully saturated rings. The first-order valence-corrected chi connectivity index (χ1v) is 11.6. The number of carbonyl (C=O) groups is 4. The molecule has 0 saturated heterocycles. The van der Waals surface area contributed by atoms with Gasteiger partial charge in [-0.3, -0.25) is 19.2 Å². The molecule has 0 aliphatic carbocycles. The van der Waals surface area contributed by atoms with Crippen LogP contribution < -0.4 is 0 Å². The lowest BCUT2D eigenvalue weighted by Crippen LogP contribution is -2.38. The second-order valence-electron chi connectivity index (χ2n) is 8.82. The molecule has 0 unspecified atom stereocenters. The second-order valence-corrected chi connectivity index (χ2v) is 8.82. The topological polar surface area (TPSA) is 74.8 Å². The monoisotopic (exact) mass is 458 g/mol. The Balaban J connectivity index is 4.80. The average molecular weight is 459 g/mol. The van der Waals surface area contributed by atoms with Gasteiger partial charge in [0.2, 0.25) is 11.8 Å². The molecule has 0 aliphatic rings. The van der Waals surface area contributed by atoms with Crippen LogP contribution >= 0.6 is 0 Å². The molecule has 33 heavy (non-hydrogen) atoms. The van der Waals surface area contributed by atoms with Crippen molar-refractivity contribution in [1.82, 2.24) is 9.80 Å². The SMILES string of the molecule is C=C(C)C(=O)CCCCN(CCCN(CCCCC(=O)C(=C)C)C(=O)C(=C)C)C(=O)C(=C)C. The fourth-order valence-corrected chi connectivity index (χ4v) is 3.23. The predicted molar refractivity (Wildman–Crippen MR) is 135 cm³/mol. The van der Waals surface area contributed by atoms with Gasteiger partial charge in [-0.1, -0.05) is 26.3 Å². The molecule has 0 radical (unpaired) electrons.